The third-order valence-electron chi connectivity index (χ3n) is 2.87. The lowest BCUT2D eigenvalue weighted by molar-refractivity contribution is 0.606. The lowest BCUT2D eigenvalue weighted by atomic mass is 10.2. The fourth-order valence-electron chi connectivity index (χ4n) is 1.89. The predicted molar refractivity (Wildman–Crippen MR) is 81.7 cm³/mol. The summed E-state index contributed by atoms with van der Waals surface area (Å²) in [5.74, 6) is -0.0796. The van der Waals surface area contributed by atoms with E-state index in [2.05, 4.69) is 31.5 Å². The van der Waals surface area contributed by atoms with Crippen LogP contribution in [0.4, 0.5) is 10.1 Å². The molecule has 0 bridgehead atoms. The maximum absolute atomic E-state index is 14.1. The molecule has 0 saturated carbocycles. The number of hydrogen-bond donors (Lipinski definition) is 1. The minimum atomic E-state index is -0.445. The molecule has 0 aliphatic heterocycles. The number of anilines is 1. The monoisotopic (exact) mass is 367 g/mol. The summed E-state index contributed by atoms with van der Waals surface area (Å²) in [5, 5.41) is 11.8. The Kier molecular flexibility index (Phi) is 3.60. The standard InChI is InChI=1S/C13H8BrClFN5/c14-8-2-1-3-10(16)12(8)21-13(18-19-20-21)7-4-5-9(15)11(17)6-7/h1-6H,17H2. The van der Waals surface area contributed by atoms with Crippen LogP contribution in [-0.2, 0) is 0 Å². The molecule has 1 aromatic heterocycles. The largest absolute Gasteiger partial charge is 0.398 e. The van der Waals surface area contributed by atoms with Crippen LogP contribution in [0.1, 0.15) is 0 Å². The number of tetrazole rings is 1. The summed E-state index contributed by atoms with van der Waals surface area (Å²) in [6.07, 6.45) is 0. The van der Waals surface area contributed by atoms with Crippen molar-refractivity contribution in [3.63, 3.8) is 0 Å². The first-order valence-electron chi connectivity index (χ1n) is 5.86. The number of rotatable bonds is 2. The predicted octanol–water partition coefficient (Wildman–Crippen LogP) is 3.47. The van der Waals surface area contributed by atoms with E-state index in [1.807, 2.05) is 0 Å². The Morgan fingerprint density at radius 3 is 2.76 bits per heavy atom. The molecule has 0 unspecified atom stereocenters. The Labute approximate surface area is 132 Å². The molecule has 0 aliphatic carbocycles. The van der Waals surface area contributed by atoms with Gasteiger partial charge < -0.3 is 5.73 Å². The molecule has 0 radical (unpaired) electrons. The minimum Gasteiger partial charge on any atom is -0.398 e. The fraction of sp³-hybridized carbons (Fsp3) is 0. The zero-order valence-electron chi connectivity index (χ0n) is 10.5. The SMILES string of the molecule is Nc1cc(-c2nnnn2-c2c(F)cccc2Br)ccc1Cl. The smallest absolute Gasteiger partial charge is 0.187 e. The van der Waals surface area contributed by atoms with E-state index in [1.165, 1.54) is 10.7 Å². The van der Waals surface area contributed by atoms with Gasteiger partial charge in [-0.1, -0.05) is 17.7 Å². The molecule has 0 saturated heterocycles. The average Bonchev–Trinajstić information content (AvgIpc) is 2.91. The van der Waals surface area contributed by atoms with Gasteiger partial charge in [0.2, 0.25) is 0 Å². The Morgan fingerprint density at radius 1 is 1.24 bits per heavy atom. The van der Waals surface area contributed by atoms with E-state index < -0.39 is 5.82 Å². The molecule has 3 rings (SSSR count). The van der Waals surface area contributed by atoms with Gasteiger partial charge in [-0.05, 0) is 56.7 Å². The molecule has 0 atom stereocenters. The van der Waals surface area contributed by atoms with Crippen LogP contribution < -0.4 is 5.73 Å². The molecule has 0 aliphatic rings. The molecule has 2 N–H and O–H groups in total. The summed E-state index contributed by atoms with van der Waals surface area (Å²) in [6, 6.07) is 9.63. The van der Waals surface area contributed by atoms with Gasteiger partial charge >= 0.3 is 0 Å². The van der Waals surface area contributed by atoms with Crippen LogP contribution in [0.15, 0.2) is 40.9 Å². The Hall–Kier alpha value is -1.99. The third kappa shape index (κ3) is 2.50. The molecule has 0 spiro atoms. The number of hydrogen-bond acceptors (Lipinski definition) is 4. The first kappa shape index (κ1) is 14.0. The van der Waals surface area contributed by atoms with Crippen molar-refractivity contribution in [3.8, 4) is 17.1 Å². The van der Waals surface area contributed by atoms with Crippen molar-refractivity contribution in [1.29, 1.82) is 0 Å². The van der Waals surface area contributed by atoms with E-state index in [4.69, 9.17) is 17.3 Å². The number of nitrogens with two attached hydrogens (primary N) is 1. The molecule has 2 aromatic carbocycles. The van der Waals surface area contributed by atoms with Crippen LogP contribution >= 0.6 is 27.5 Å². The second-order valence-electron chi connectivity index (χ2n) is 4.22. The van der Waals surface area contributed by atoms with E-state index in [-0.39, 0.29) is 5.69 Å². The highest BCUT2D eigenvalue weighted by Crippen LogP contribution is 2.29. The molecule has 5 nitrogen and oxygen atoms in total. The Bertz CT molecular complexity index is 800. The van der Waals surface area contributed by atoms with E-state index in [0.717, 1.165) is 0 Å². The van der Waals surface area contributed by atoms with Crippen LogP contribution in [-0.4, -0.2) is 20.2 Å². The van der Waals surface area contributed by atoms with E-state index in [1.54, 1.807) is 30.3 Å². The van der Waals surface area contributed by atoms with Gasteiger partial charge in [-0.2, -0.15) is 4.68 Å². The van der Waals surface area contributed by atoms with Gasteiger partial charge in [0, 0.05) is 10.0 Å². The van der Waals surface area contributed by atoms with Crippen molar-refractivity contribution in [3.05, 3.63) is 51.7 Å². The topological polar surface area (TPSA) is 69.6 Å². The van der Waals surface area contributed by atoms with Crippen LogP contribution in [0.2, 0.25) is 5.02 Å². The molecule has 0 amide bonds. The fourth-order valence-corrected chi connectivity index (χ4v) is 2.52. The van der Waals surface area contributed by atoms with Crippen molar-refractivity contribution in [2.24, 2.45) is 0 Å². The molecule has 106 valence electrons. The Morgan fingerprint density at radius 2 is 2.05 bits per heavy atom. The number of halogens is 3. The van der Waals surface area contributed by atoms with E-state index >= 15 is 0 Å². The van der Waals surface area contributed by atoms with Crippen molar-refractivity contribution in [2.45, 2.75) is 0 Å². The van der Waals surface area contributed by atoms with Crippen molar-refractivity contribution in [2.75, 3.05) is 5.73 Å². The molecule has 3 aromatic rings. The average molecular weight is 369 g/mol. The second kappa shape index (κ2) is 5.42. The van der Waals surface area contributed by atoms with Crippen molar-refractivity contribution >= 4 is 33.2 Å². The van der Waals surface area contributed by atoms with Crippen LogP contribution in [0.25, 0.3) is 17.1 Å². The lowest BCUT2D eigenvalue weighted by Crippen LogP contribution is -2.04. The van der Waals surface area contributed by atoms with Gasteiger partial charge in [-0.15, -0.1) is 5.10 Å². The van der Waals surface area contributed by atoms with Gasteiger partial charge in [0.05, 0.1) is 10.7 Å². The highest BCUT2D eigenvalue weighted by molar-refractivity contribution is 9.10. The molecule has 0 fully saturated rings. The van der Waals surface area contributed by atoms with Crippen LogP contribution in [0.3, 0.4) is 0 Å². The van der Waals surface area contributed by atoms with E-state index in [9.17, 15) is 4.39 Å². The molecular weight excluding hydrogens is 361 g/mol. The van der Waals surface area contributed by atoms with Crippen LogP contribution in [0, 0.1) is 5.82 Å². The maximum atomic E-state index is 14.1. The first-order chi connectivity index (χ1) is 10.1. The molecule has 8 heteroatoms. The van der Waals surface area contributed by atoms with Gasteiger partial charge in [0.15, 0.2) is 5.82 Å². The quantitative estimate of drug-likeness (QED) is 0.703. The first-order valence-corrected chi connectivity index (χ1v) is 7.03. The number of nitrogens with zero attached hydrogens (tertiary/aromatic N) is 4. The highest BCUT2D eigenvalue weighted by atomic mass is 79.9. The third-order valence-corrected chi connectivity index (χ3v) is 3.86. The minimum absolute atomic E-state index is 0.228. The maximum Gasteiger partial charge on any atom is 0.187 e. The molecule has 1 heterocycles. The van der Waals surface area contributed by atoms with Gasteiger partial charge in [-0.3, -0.25) is 0 Å². The summed E-state index contributed by atoms with van der Waals surface area (Å²) in [5.41, 5.74) is 7.05. The number of aromatic nitrogens is 4. The van der Waals surface area contributed by atoms with E-state index in [0.29, 0.717) is 26.6 Å². The van der Waals surface area contributed by atoms with Gasteiger partial charge in [0.25, 0.3) is 0 Å². The van der Waals surface area contributed by atoms with Gasteiger partial charge in [-0.25, -0.2) is 4.39 Å². The van der Waals surface area contributed by atoms with Crippen molar-refractivity contribution in [1.82, 2.24) is 20.2 Å². The molecular formula is C13H8BrClFN5. The lowest BCUT2D eigenvalue weighted by Gasteiger charge is -2.08. The number of para-hydroxylation sites is 1. The summed E-state index contributed by atoms with van der Waals surface area (Å²) in [6.45, 7) is 0. The zero-order valence-corrected chi connectivity index (χ0v) is 12.8. The summed E-state index contributed by atoms with van der Waals surface area (Å²) in [4.78, 5) is 0. The van der Waals surface area contributed by atoms with Crippen molar-refractivity contribution < 1.29 is 4.39 Å². The van der Waals surface area contributed by atoms with Gasteiger partial charge in [0.1, 0.15) is 11.5 Å². The van der Waals surface area contributed by atoms with Crippen LogP contribution in [0.5, 0.6) is 0 Å². The highest BCUT2D eigenvalue weighted by Gasteiger charge is 2.17. The summed E-state index contributed by atoms with van der Waals surface area (Å²) >= 11 is 9.20. The molecule has 21 heavy (non-hydrogen) atoms. The second-order valence-corrected chi connectivity index (χ2v) is 5.48. The normalized spacial score (nSPS) is 10.8. The number of nitrogen functional groups attached to an aromatic ring is 1. The number of benzene rings is 2. The zero-order chi connectivity index (χ0) is 15.0. The summed E-state index contributed by atoms with van der Waals surface area (Å²) < 4.78 is 15.9. The Balaban J connectivity index is 2.20. The summed E-state index contributed by atoms with van der Waals surface area (Å²) in [7, 11) is 0.